The van der Waals surface area contributed by atoms with Crippen LogP contribution in [-0.4, -0.2) is 50.4 Å². The predicted molar refractivity (Wildman–Crippen MR) is 87.1 cm³/mol. The van der Waals surface area contributed by atoms with Crippen molar-refractivity contribution in [3.8, 4) is 0 Å². The molecule has 2 aliphatic heterocycles. The summed E-state index contributed by atoms with van der Waals surface area (Å²) >= 11 is 0. The van der Waals surface area contributed by atoms with Crippen molar-refractivity contribution in [1.82, 2.24) is 19.7 Å². The molecule has 6 nitrogen and oxygen atoms in total. The minimum Gasteiger partial charge on any atom is -0.396 e. The summed E-state index contributed by atoms with van der Waals surface area (Å²) in [6.07, 6.45) is 8.25. The molecule has 1 N–H and O–H groups in total. The molecule has 3 heterocycles. The van der Waals surface area contributed by atoms with Crippen molar-refractivity contribution in [3.05, 3.63) is 11.6 Å². The van der Waals surface area contributed by atoms with Gasteiger partial charge in [0, 0.05) is 31.5 Å². The quantitative estimate of drug-likeness (QED) is 0.921. The predicted octanol–water partition coefficient (Wildman–Crippen LogP) is 2.02. The van der Waals surface area contributed by atoms with E-state index in [1.54, 1.807) is 0 Å². The van der Waals surface area contributed by atoms with E-state index in [9.17, 15) is 9.90 Å². The number of fused-ring (bicyclic) bond motifs is 1. The standard InChI is InChI=1S/C17H28N4O2/c1-2-8-17(13-22)9-6-10-20(12-17)16(23)15-19-18-14-7-4-3-5-11-21(14)15/h22H,2-13H2,1H3/t17-/m1/s1. The second kappa shape index (κ2) is 6.99. The highest BCUT2D eigenvalue weighted by molar-refractivity contribution is 5.90. The fourth-order valence-corrected chi connectivity index (χ4v) is 4.11. The van der Waals surface area contributed by atoms with Gasteiger partial charge in [0.2, 0.25) is 5.82 Å². The average Bonchev–Trinajstić information content (AvgIpc) is 2.83. The molecule has 0 spiro atoms. The summed E-state index contributed by atoms with van der Waals surface area (Å²) in [7, 11) is 0. The fourth-order valence-electron chi connectivity index (χ4n) is 4.11. The summed E-state index contributed by atoms with van der Waals surface area (Å²) in [5, 5.41) is 18.3. The van der Waals surface area contributed by atoms with E-state index in [4.69, 9.17) is 0 Å². The van der Waals surface area contributed by atoms with E-state index in [0.717, 1.165) is 63.9 Å². The van der Waals surface area contributed by atoms with Crippen molar-refractivity contribution >= 4 is 5.91 Å². The Kier molecular flexibility index (Phi) is 4.99. The minimum atomic E-state index is -0.135. The summed E-state index contributed by atoms with van der Waals surface area (Å²) in [6, 6.07) is 0. The molecule has 1 atom stereocenters. The second-order valence-electron chi connectivity index (χ2n) is 7.14. The number of rotatable bonds is 4. The normalized spacial score (nSPS) is 25.0. The number of carbonyl (C=O) groups is 1. The number of aromatic nitrogens is 3. The largest absolute Gasteiger partial charge is 0.396 e. The molecule has 128 valence electrons. The molecule has 0 bridgehead atoms. The Morgan fingerprint density at radius 3 is 2.87 bits per heavy atom. The van der Waals surface area contributed by atoms with E-state index in [2.05, 4.69) is 17.1 Å². The molecule has 0 aliphatic carbocycles. The first-order chi connectivity index (χ1) is 11.2. The summed E-state index contributed by atoms with van der Waals surface area (Å²) in [5.41, 5.74) is -0.135. The Morgan fingerprint density at radius 2 is 2.09 bits per heavy atom. The maximum Gasteiger partial charge on any atom is 0.291 e. The van der Waals surface area contributed by atoms with Crippen molar-refractivity contribution in [2.24, 2.45) is 5.41 Å². The number of likely N-dealkylation sites (tertiary alicyclic amines) is 1. The van der Waals surface area contributed by atoms with Crippen molar-refractivity contribution in [2.75, 3.05) is 19.7 Å². The monoisotopic (exact) mass is 320 g/mol. The highest BCUT2D eigenvalue weighted by Crippen LogP contribution is 2.34. The lowest BCUT2D eigenvalue weighted by Gasteiger charge is -2.41. The van der Waals surface area contributed by atoms with Gasteiger partial charge in [0.15, 0.2) is 0 Å². The van der Waals surface area contributed by atoms with Crippen molar-refractivity contribution in [3.63, 3.8) is 0 Å². The van der Waals surface area contributed by atoms with Crippen molar-refractivity contribution < 1.29 is 9.90 Å². The SMILES string of the molecule is CCC[C@@]1(CO)CCCN(C(=O)c2nnc3n2CCCCC3)C1. The summed E-state index contributed by atoms with van der Waals surface area (Å²) in [4.78, 5) is 14.9. The van der Waals surface area contributed by atoms with E-state index in [0.29, 0.717) is 12.4 Å². The highest BCUT2D eigenvalue weighted by atomic mass is 16.3. The molecule has 1 fully saturated rings. The van der Waals surface area contributed by atoms with Crippen LogP contribution in [0.15, 0.2) is 0 Å². The summed E-state index contributed by atoms with van der Waals surface area (Å²) < 4.78 is 2.02. The Hall–Kier alpha value is -1.43. The van der Waals surface area contributed by atoms with Crippen LogP contribution in [-0.2, 0) is 13.0 Å². The topological polar surface area (TPSA) is 71.2 Å². The second-order valence-corrected chi connectivity index (χ2v) is 7.14. The summed E-state index contributed by atoms with van der Waals surface area (Å²) in [6.45, 7) is 4.53. The van der Waals surface area contributed by atoms with Gasteiger partial charge < -0.3 is 14.6 Å². The van der Waals surface area contributed by atoms with E-state index in [1.807, 2.05) is 9.47 Å². The first kappa shape index (κ1) is 16.4. The van der Waals surface area contributed by atoms with Crippen LogP contribution in [0.4, 0.5) is 0 Å². The van der Waals surface area contributed by atoms with Crippen LogP contribution in [0.2, 0.25) is 0 Å². The molecular formula is C17H28N4O2. The lowest BCUT2D eigenvalue weighted by atomic mass is 9.77. The van der Waals surface area contributed by atoms with Crippen LogP contribution in [0.3, 0.4) is 0 Å². The van der Waals surface area contributed by atoms with Gasteiger partial charge in [-0.2, -0.15) is 0 Å². The zero-order valence-corrected chi connectivity index (χ0v) is 14.1. The lowest BCUT2D eigenvalue weighted by molar-refractivity contribution is 0.0212. The zero-order valence-electron chi connectivity index (χ0n) is 14.1. The van der Waals surface area contributed by atoms with Gasteiger partial charge >= 0.3 is 0 Å². The molecule has 1 aromatic heterocycles. The molecule has 23 heavy (non-hydrogen) atoms. The number of nitrogens with zero attached hydrogens (tertiary/aromatic N) is 4. The van der Waals surface area contributed by atoms with Crippen LogP contribution in [0.5, 0.6) is 0 Å². The maximum absolute atomic E-state index is 13.0. The van der Waals surface area contributed by atoms with Gasteiger partial charge in [0.05, 0.1) is 6.61 Å². The Morgan fingerprint density at radius 1 is 1.22 bits per heavy atom. The van der Waals surface area contributed by atoms with Gasteiger partial charge in [-0.1, -0.05) is 19.8 Å². The molecule has 0 aromatic carbocycles. The number of aryl methyl sites for hydroxylation is 1. The van der Waals surface area contributed by atoms with E-state index >= 15 is 0 Å². The van der Waals surface area contributed by atoms with Crippen LogP contribution in [0.1, 0.15) is 68.3 Å². The first-order valence-corrected chi connectivity index (χ1v) is 9.01. The summed E-state index contributed by atoms with van der Waals surface area (Å²) in [5.74, 6) is 1.43. The van der Waals surface area contributed by atoms with Crippen LogP contribution >= 0.6 is 0 Å². The fraction of sp³-hybridized carbons (Fsp3) is 0.824. The third kappa shape index (κ3) is 3.27. The highest BCUT2D eigenvalue weighted by Gasteiger charge is 2.37. The van der Waals surface area contributed by atoms with Gasteiger partial charge in [-0.05, 0) is 32.1 Å². The van der Waals surface area contributed by atoms with Crippen LogP contribution in [0, 0.1) is 5.41 Å². The maximum atomic E-state index is 13.0. The zero-order chi connectivity index (χ0) is 16.3. The molecule has 1 aromatic rings. The molecule has 6 heteroatoms. The Labute approximate surface area is 137 Å². The van der Waals surface area contributed by atoms with Gasteiger partial charge in [-0.25, -0.2) is 0 Å². The Balaban J connectivity index is 1.79. The van der Waals surface area contributed by atoms with Crippen LogP contribution in [0.25, 0.3) is 0 Å². The number of piperidine rings is 1. The van der Waals surface area contributed by atoms with E-state index < -0.39 is 0 Å². The number of hydrogen-bond acceptors (Lipinski definition) is 4. The number of hydrogen-bond donors (Lipinski definition) is 1. The average molecular weight is 320 g/mol. The Bertz CT molecular complexity index is 553. The van der Waals surface area contributed by atoms with Crippen LogP contribution < -0.4 is 0 Å². The van der Waals surface area contributed by atoms with Gasteiger partial charge in [0.25, 0.3) is 5.91 Å². The molecule has 1 saturated heterocycles. The van der Waals surface area contributed by atoms with Gasteiger partial charge in [-0.3, -0.25) is 4.79 Å². The third-order valence-electron chi connectivity index (χ3n) is 5.37. The van der Waals surface area contributed by atoms with Crippen molar-refractivity contribution in [2.45, 2.75) is 64.8 Å². The molecule has 1 amide bonds. The first-order valence-electron chi connectivity index (χ1n) is 9.01. The van der Waals surface area contributed by atoms with E-state index in [1.165, 1.54) is 6.42 Å². The van der Waals surface area contributed by atoms with E-state index in [-0.39, 0.29) is 17.9 Å². The van der Waals surface area contributed by atoms with Gasteiger partial charge in [0.1, 0.15) is 5.82 Å². The molecule has 2 aliphatic rings. The number of amides is 1. The number of carbonyl (C=O) groups excluding carboxylic acids is 1. The minimum absolute atomic E-state index is 0.0146. The smallest absolute Gasteiger partial charge is 0.291 e. The molecule has 0 unspecified atom stereocenters. The van der Waals surface area contributed by atoms with Crippen molar-refractivity contribution in [1.29, 1.82) is 0 Å². The number of aliphatic hydroxyl groups is 1. The lowest BCUT2D eigenvalue weighted by Crippen LogP contribution is -2.48. The number of aliphatic hydroxyl groups excluding tert-OH is 1. The molecule has 0 saturated carbocycles. The molecular weight excluding hydrogens is 292 g/mol. The molecule has 3 rings (SSSR count). The van der Waals surface area contributed by atoms with Gasteiger partial charge in [-0.15, -0.1) is 10.2 Å². The third-order valence-corrected chi connectivity index (χ3v) is 5.37. The molecule has 0 radical (unpaired) electrons.